The first-order valence-corrected chi connectivity index (χ1v) is 4.15. The van der Waals surface area contributed by atoms with E-state index in [1.807, 2.05) is 19.2 Å². The lowest BCUT2D eigenvalue weighted by atomic mass is 10.2. The second-order valence-corrected chi connectivity index (χ2v) is 2.77. The normalized spacial score (nSPS) is 10.1. The Kier molecular flexibility index (Phi) is 3.54. The third-order valence-corrected chi connectivity index (χ3v) is 1.78. The van der Waals surface area contributed by atoms with Crippen molar-refractivity contribution < 1.29 is 0 Å². The molecule has 12 heavy (non-hydrogen) atoms. The van der Waals surface area contributed by atoms with E-state index >= 15 is 0 Å². The third-order valence-electron chi connectivity index (χ3n) is 1.78. The Labute approximate surface area is 72.9 Å². The van der Waals surface area contributed by atoms with E-state index in [0.29, 0.717) is 0 Å². The van der Waals surface area contributed by atoms with Crippen LogP contribution in [0.5, 0.6) is 0 Å². The maximum absolute atomic E-state index is 3.94. The van der Waals surface area contributed by atoms with Gasteiger partial charge in [-0.3, -0.25) is 5.10 Å². The molecule has 0 spiro atoms. The lowest BCUT2D eigenvalue weighted by Gasteiger charge is -2.00. The van der Waals surface area contributed by atoms with Crippen molar-refractivity contribution in [1.82, 2.24) is 15.5 Å². The summed E-state index contributed by atoms with van der Waals surface area (Å²) in [5.41, 5.74) is 2.38. The van der Waals surface area contributed by atoms with Gasteiger partial charge in [0.25, 0.3) is 0 Å². The molecule has 2 N–H and O–H groups in total. The SMILES string of the molecule is C=CCCNCc1cn[nH]c1C. The fraction of sp³-hybridized carbons (Fsp3) is 0.444. The molecule has 0 amide bonds. The van der Waals surface area contributed by atoms with Crippen LogP contribution in [0.15, 0.2) is 18.9 Å². The highest BCUT2D eigenvalue weighted by Gasteiger charge is 1.97. The quantitative estimate of drug-likeness (QED) is 0.511. The van der Waals surface area contributed by atoms with E-state index in [2.05, 4.69) is 22.1 Å². The molecule has 66 valence electrons. The zero-order valence-electron chi connectivity index (χ0n) is 7.43. The molecule has 3 nitrogen and oxygen atoms in total. The molecule has 1 aromatic heterocycles. The van der Waals surface area contributed by atoms with Crippen molar-refractivity contribution in [3.05, 3.63) is 30.1 Å². The molecule has 0 saturated carbocycles. The first-order valence-electron chi connectivity index (χ1n) is 4.15. The monoisotopic (exact) mass is 165 g/mol. The topological polar surface area (TPSA) is 40.7 Å². The first kappa shape index (κ1) is 9.00. The number of aromatic amines is 1. The van der Waals surface area contributed by atoms with Gasteiger partial charge in [-0.25, -0.2) is 0 Å². The van der Waals surface area contributed by atoms with Gasteiger partial charge in [0.2, 0.25) is 0 Å². The molecule has 0 aliphatic heterocycles. The number of aromatic nitrogens is 2. The van der Waals surface area contributed by atoms with E-state index in [1.54, 1.807) is 0 Å². The summed E-state index contributed by atoms with van der Waals surface area (Å²) in [4.78, 5) is 0. The summed E-state index contributed by atoms with van der Waals surface area (Å²) < 4.78 is 0. The molecular weight excluding hydrogens is 150 g/mol. The van der Waals surface area contributed by atoms with Crippen LogP contribution in [0.4, 0.5) is 0 Å². The number of H-pyrrole nitrogens is 1. The van der Waals surface area contributed by atoms with Gasteiger partial charge in [0.15, 0.2) is 0 Å². The van der Waals surface area contributed by atoms with Gasteiger partial charge in [-0.1, -0.05) is 6.08 Å². The first-order chi connectivity index (χ1) is 5.84. The molecule has 0 radical (unpaired) electrons. The lowest BCUT2D eigenvalue weighted by Crippen LogP contribution is -2.14. The van der Waals surface area contributed by atoms with Crippen molar-refractivity contribution in [3.8, 4) is 0 Å². The van der Waals surface area contributed by atoms with Crippen LogP contribution in [0.2, 0.25) is 0 Å². The Morgan fingerprint density at radius 2 is 2.58 bits per heavy atom. The Morgan fingerprint density at radius 3 is 3.17 bits per heavy atom. The predicted octanol–water partition coefficient (Wildman–Crippen LogP) is 1.38. The maximum atomic E-state index is 3.94. The minimum atomic E-state index is 0.885. The van der Waals surface area contributed by atoms with E-state index in [4.69, 9.17) is 0 Å². The van der Waals surface area contributed by atoms with Crippen LogP contribution in [-0.2, 0) is 6.54 Å². The average Bonchev–Trinajstić information content (AvgIpc) is 2.46. The minimum absolute atomic E-state index is 0.885. The van der Waals surface area contributed by atoms with Gasteiger partial charge in [0.1, 0.15) is 0 Å². The van der Waals surface area contributed by atoms with Crippen LogP contribution >= 0.6 is 0 Å². The van der Waals surface area contributed by atoms with Crippen molar-refractivity contribution >= 4 is 0 Å². The molecule has 1 rings (SSSR count). The van der Waals surface area contributed by atoms with Crippen LogP contribution < -0.4 is 5.32 Å². The van der Waals surface area contributed by atoms with Crippen molar-refractivity contribution in [3.63, 3.8) is 0 Å². The van der Waals surface area contributed by atoms with Crippen LogP contribution in [0.25, 0.3) is 0 Å². The van der Waals surface area contributed by atoms with Gasteiger partial charge in [0, 0.05) is 17.8 Å². The zero-order valence-corrected chi connectivity index (χ0v) is 7.43. The predicted molar refractivity (Wildman–Crippen MR) is 49.8 cm³/mol. The van der Waals surface area contributed by atoms with Crippen LogP contribution in [-0.4, -0.2) is 16.7 Å². The van der Waals surface area contributed by atoms with Crippen molar-refractivity contribution in [2.24, 2.45) is 0 Å². The maximum Gasteiger partial charge on any atom is 0.0535 e. The summed E-state index contributed by atoms with van der Waals surface area (Å²) in [5, 5.41) is 10.1. The summed E-state index contributed by atoms with van der Waals surface area (Å²) in [5.74, 6) is 0. The number of hydrogen-bond donors (Lipinski definition) is 2. The van der Waals surface area contributed by atoms with Gasteiger partial charge in [-0.2, -0.15) is 5.10 Å². The average molecular weight is 165 g/mol. The smallest absolute Gasteiger partial charge is 0.0535 e. The van der Waals surface area contributed by atoms with Crippen LogP contribution in [0.1, 0.15) is 17.7 Å². The number of aryl methyl sites for hydroxylation is 1. The van der Waals surface area contributed by atoms with Gasteiger partial charge in [0.05, 0.1) is 6.20 Å². The van der Waals surface area contributed by atoms with Crippen molar-refractivity contribution in [1.29, 1.82) is 0 Å². The van der Waals surface area contributed by atoms with Gasteiger partial charge >= 0.3 is 0 Å². The largest absolute Gasteiger partial charge is 0.312 e. The Hall–Kier alpha value is -1.09. The molecule has 0 fully saturated rings. The highest BCUT2D eigenvalue weighted by molar-refractivity contribution is 5.13. The summed E-state index contributed by atoms with van der Waals surface area (Å²) in [6, 6.07) is 0. The lowest BCUT2D eigenvalue weighted by molar-refractivity contribution is 0.693. The van der Waals surface area contributed by atoms with Gasteiger partial charge in [-0.05, 0) is 19.9 Å². The van der Waals surface area contributed by atoms with E-state index < -0.39 is 0 Å². The van der Waals surface area contributed by atoms with Crippen LogP contribution in [0.3, 0.4) is 0 Å². The molecule has 0 aromatic carbocycles. The van der Waals surface area contributed by atoms with Crippen molar-refractivity contribution in [2.75, 3.05) is 6.54 Å². The molecule has 0 aliphatic rings. The number of rotatable bonds is 5. The fourth-order valence-electron chi connectivity index (χ4n) is 0.981. The Bertz CT molecular complexity index is 240. The third kappa shape index (κ3) is 2.51. The molecule has 1 heterocycles. The molecule has 1 aromatic rings. The van der Waals surface area contributed by atoms with Gasteiger partial charge < -0.3 is 5.32 Å². The van der Waals surface area contributed by atoms with Crippen LogP contribution in [0, 0.1) is 6.92 Å². The summed E-state index contributed by atoms with van der Waals surface area (Å²) >= 11 is 0. The summed E-state index contributed by atoms with van der Waals surface area (Å²) in [6.07, 6.45) is 4.78. The number of nitrogens with zero attached hydrogens (tertiary/aromatic N) is 1. The molecule has 0 bridgehead atoms. The van der Waals surface area contributed by atoms with E-state index in [9.17, 15) is 0 Å². The molecule has 0 unspecified atom stereocenters. The summed E-state index contributed by atoms with van der Waals surface area (Å²) in [7, 11) is 0. The fourth-order valence-corrected chi connectivity index (χ4v) is 0.981. The van der Waals surface area contributed by atoms with E-state index in [-0.39, 0.29) is 0 Å². The Morgan fingerprint density at radius 1 is 1.75 bits per heavy atom. The molecular formula is C9H15N3. The zero-order chi connectivity index (χ0) is 8.81. The summed E-state index contributed by atoms with van der Waals surface area (Å²) in [6.45, 7) is 7.54. The second-order valence-electron chi connectivity index (χ2n) is 2.77. The molecule has 0 atom stereocenters. The Balaban J connectivity index is 2.24. The molecule has 0 aliphatic carbocycles. The highest BCUT2D eigenvalue weighted by Crippen LogP contribution is 2.00. The number of hydrogen-bond acceptors (Lipinski definition) is 2. The van der Waals surface area contributed by atoms with Crippen molar-refractivity contribution in [2.45, 2.75) is 19.9 Å². The minimum Gasteiger partial charge on any atom is -0.312 e. The number of nitrogens with one attached hydrogen (secondary N) is 2. The highest BCUT2D eigenvalue weighted by atomic mass is 15.1. The molecule has 0 saturated heterocycles. The molecule has 3 heteroatoms. The standard InChI is InChI=1S/C9H15N3/c1-3-4-5-10-6-9-7-11-12-8(9)2/h3,7,10H,1,4-6H2,2H3,(H,11,12). The second kappa shape index (κ2) is 4.72. The van der Waals surface area contributed by atoms with E-state index in [1.165, 1.54) is 5.56 Å². The van der Waals surface area contributed by atoms with Gasteiger partial charge in [-0.15, -0.1) is 6.58 Å². The van der Waals surface area contributed by atoms with E-state index in [0.717, 1.165) is 25.2 Å².